The van der Waals surface area contributed by atoms with Gasteiger partial charge in [0.15, 0.2) is 0 Å². The fourth-order valence-corrected chi connectivity index (χ4v) is 6.74. The standard InChI is InChI=1S/C31H27.2ClH.Zr/c1-19-16-21(31(2,3)4)18-27(19)25-14-9-15-26-29-22-11-6-5-10-20(22)17-28(29)23-12-7-8-13-24(23)30(25)26;;;/h5-11,13-16,18,27H,17H2,1-4H3;2*1H;/q;;;+2/p-2. The SMILES string of the molecule is CC1=CC(C(C)(C)C)=CC1c1cccc2c3c(c4[c]([Zr+2])cccc4c12)Cc1ccccc1-3.[Cl-].[Cl-]. The quantitative estimate of drug-likeness (QED) is 0.274. The minimum atomic E-state index is 0. The van der Waals surface area contributed by atoms with Gasteiger partial charge in [0.25, 0.3) is 0 Å². The molecular formula is C31H27Cl2Zr. The van der Waals surface area contributed by atoms with Crippen molar-refractivity contribution in [3.8, 4) is 11.1 Å². The van der Waals surface area contributed by atoms with Crippen molar-refractivity contribution in [2.45, 2.75) is 40.0 Å². The van der Waals surface area contributed by atoms with Gasteiger partial charge in [-0.2, -0.15) is 0 Å². The number of fused-ring (bicyclic) bond motifs is 8. The van der Waals surface area contributed by atoms with E-state index < -0.39 is 0 Å². The molecule has 0 amide bonds. The van der Waals surface area contributed by atoms with Crippen molar-refractivity contribution in [2.24, 2.45) is 5.41 Å². The molecule has 0 nitrogen and oxygen atoms in total. The average Bonchev–Trinajstić information content (AvgIpc) is 3.34. The van der Waals surface area contributed by atoms with Gasteiger partial charge in [-0.15, -0.1) is 0 Å². The summed E-state index contributed by atoms with van der Waals surface area (Å²) < 4.78 is 1.47. The van der Waals surface area contributed by atoms with Crippen LogP contribution in [0.5, 0.6) is 0 Å². The molecule has 0 radical (unpaired) electrons. The first-order valence-electron chi connectivity index (χ1n) is 11.5. The molecule has 3 heteroatoms. The Balaban J connectivity index is 0.00000137. The van der Waals surface area contributed by atoms with Crippen LogP contribution in [-0.4, -0.2) is 0 Å². The van der Waals surface area contributed by atoms with Crippen LogP contribution in [0.25, 0.3) is 32.7 Å². The minimum absolute atomic E-state index is 0. The van der Waals surface area contributed by atoms with Crippen molar-refractivity contribution in [1.29, 1.82) is 0 Å². The number of benzene rings is 4. The maximum absolute atomic E-state index is 2.51. The molecule has 0 heterocycles. The Morgan fingerprint density at radius 2 is 1.53 bits per heavy atom. The molecule has 0 saturated carbocycles. The Morgan fingerprint density at radius 3 is 2.26 bits per heavy atom. The van der Waals surface area contributed by atoms with Gasteiger partial charge in [-0.3, -0.25) is 0 Å². The Kier molecular flexibility index (Phi) is 6.80. The summed E-state index contributed by atoms with van der Waals surface area (Å²) in [4.78, 5) is 0. The minimum Gasteiger partial charge on any atom is -1.00 e. The first-order valence-corrected chi connectivity index (χ1v) is 12.8. The third kappa shape index (κ3) is 3.76. The van der Waals surface area contributed by atoms with E-state index in [0.717, 1.165) is 6.42 Å². The monoisotopic (exact) mass is 559 g/mol. The summed E-state index contributed by atoms with van der Waals surface area (Å²) in [5.74, 6) is 0.347. The van der Waals surface area contributed by atoms with Crippen LogP contribution in [0, 0.1) is 5.41 Å². The van der Waals surface area contributed by atoms with E-state index in [1.165, 1.54) is 88.5 Å². The van der Waals surface area contributed by atoms with Crippen LogP contribution in [0.15, 0.2) is 84.0 Å². The summed E-state index contributed by atoms with van der Waals surface area (Å²) >= 11 is 1.49. The van der Waals surface area contributed by atoms with Gasteiger partial charge in [0.2, 0.25) is 0 Å². The summed E-state index contributed by atoms with van der Waals surface area (Å²) in [5.41, 5.74) is 10.4. The van der Waals surface area contributed by atoms with E-state index >= 15 is 0 Å². The van der Waals surface area contributed by atoms with Gasteiger partial charge in [-0.25, -0.2) is 0 Å². The molecule has 34 heavy (non-hydrogen) atoms. The molecule has 4 aromatic carbocycles. The van der Waals surface area contributed by atoms with Crippen molar-refractivity contribution in [2.75, 3.05) is 0 Å². The molecule has 0 bridgehead atoms. The molecule has 1 atom stereocenters. The summed E-state index contributed by atoms with van der Waals surface area (Å²) in [5, 5.41) is 5.80. The molecule has 2 aliphatic carbocycles. The molecule has 0 aromatic heterocycles. The van der Waals surface area contributed by atoms with Gasteiger partial charge in [-0.05, 0) is 0 Å². The number of hydrogen-bond acceptors (Lipinski definition) is 0. The molecule has 1 unspecified atom stereocenters. The Bertz CT molecular complexity index is 1500. The normalized spacial score (nSPS) is 16.5. The predicted octanol–water partition coefficient (Wildman–Crippen LogP) is 1.76. The fourth-order valence-electron chi connectivity index (χ4n) is 5.80. The van der Waals surface area contributed by atoms with Crippen molar-refractivity contribution in [3.63, 3.8) is 0 Å². The van der Waals surface area contributed by atoms with Crippen molar-refractivity contribution in [1.82, 2.24) is 0 Å². The Labute approximate surface area is 230 Å². The predicted molar refractivity (Wildman–Crippen MR) is 133 cm³/mol. The van der Waals surface area contributed by atoms with Gasteiger partial charge < -0.3 is 24.8 Å². The third-order valence-corrected chi connectivity index (χ3v) is 8.40. The number of allylic oxidation sites excluding steroid dienone is 4. The Hall–Kier alpha value is -1.66. The smallest absolute Gasteiger partial charge is 1.00 e. The summed E-state index contributed by atoms with van der Waals surface area (Å²) in [6, 6.07) is 23.0. The van der Waals surface area contributed by atoms with Crippen LogP contribution in [0.4, 0.5) is 0 Å². The molecule has 0 aliphatic heterocycles. The molecule has 0 saturated heterocycles. The molecule has 0 N–H and O–H groups in total. The largest absolute Gasteiger partial charge is 1.00 e. The molecule has 4 aromatic rings. The Morgan fingerprint density at radius 1 is 0.824 bits per heavy atom. The van der Waals surface area contributed by atoms with E-state index in [1.807, 2.05) is 0 Å². The summed E-state index contributed by atoms with van der Waals surface area (Å²) in [7, 11) is 0. The van der Waals surface area contributed by atoms with E-state index in [-0.39, 0.29) is 30.2 Å². The average molecular weight is 562 g/mol. The molecule has 0 fully saturated rings. The maximum atomic E-state index is 2.51. The van der Waals surface area contributed by atoms with Gasteiger partial charge in [0.1, 0.15) is 0 Å². The van der Waals surface area contributed by atoms with E-state index in [4.69, 9.17) is 0 Å². The van der Waals surface area contributed by atoms with Crippen LogP contribution >= 0.6 is 0 Å². The van der Waals surface area contributed by atoms with Crippen LogP contribution in [0.2, 0.25) is 0 Å². The summed E-state index contributed by atoms with van der Waals surface area (Å²) in [6.45, 7) is 9.26. The van der Waals surface area contributed by atoms with Crippen LogP contribution in [0.1, 0.15) is 50.3 Å². The van der Waals surface area contributed by atoms with E-state index in [0.29, 0.717) is 5.92 Å². The summed E-state index contributed by atoms with van der Waals surface area (Å²) in [6.07, 6.45) is 5.98. The fraction of sp³-hybridized carbons (Fsp3) is 0.226. The van der Waals surface area contributed by atoms with Crippen LogP contribution in [-0.2, 0) is 31.1 Å². The van der Waals surface area contributed by atoms with Gasteiger partial charge in [0, 0.05) is 0 Å². The van der Waals surface area contributed by atoms with Gasteiger partial charge >= 0.3 is 207 Å². The van der Waals surface area contributed by atoms with Crippen LogP contribution < -0.4 is 28.1 Å². The second-order valence-electron chi connectivity index (χ2n) is 10.4. The number of hydrogen-bond donors (Lipinski definition) is 0. The first-order chi connectivity index (χ1) is 15.3. The van der Waals surface area contributed by atoms with Gasteiger partial charge in [0.05, 0.1) is 0 Å². The van der Waals surface area contributed by atoms with E-state index in [9.17, 15) is 0 Å². The zero-order chi connectivity index (χ0) is 22.2. The second kappa shape index (κ2) is 9.09. The van der Waals surface area contributed by atoms with Crippen molar-refractivity contribution >= 4 is 24.8 Å². The third-order valence-electron chi connectivity index (χ3n) is 7.38. The van der Waals surface area contributed by atoms with Gasteiger partial charge in [-0.1, -0.05) is 0 Å². The van der Waals surface area contributed by atoms with Crippen molar-refractivity contribution in [3.05, 3.63) is 101 Å². The zero-order valence-electron chi connectivity index (χ0n) is 20.0. The molecule has 6 rings (SSSR count). The maximum Gasteiger partial charge on any atom is -1.00 e. The topological polar surface area (TPSA) is 0 Å². The molecule has 0 spiro atoms. The second-order valence-corrected chi connectivity index (χ2v) is 11.7. The number of rotatable bonds is 1. The first kappa shape index (κ1) is 25.4. The molecular weight excluding hydrogens is 534 g/mol. The van der Waals surface area contributed by atoms with E-state index in [2.05, 4.69) is 101 Å². The zero-order valence-corrected chi connectivity index (χ0v) is 23.9. The molecule has 169 valence electrons. The van der Waals surface area contributed by atoms with Crippen molar-refractivity contribution < 1.29 is 49.5 Å². The number of halogens is 2. The van der Waals surface area contributed by atoms with Crippen LogP contribution in [0.3, 0.4) is 0 Å². The van der Waals surface area contributed by atoms with E-state index in [1.54, 1.807) is 0 Å². The molecule has 2 aliphatic rings.